The molecule has 0 saturated carbocycles. The summed E-state index contributed by atoms with van der Waals surface area (Å²) in [6.45, 7) is 4.29. The van der Waals surface area contributed by atoms with Crippen molar-refractivity contribution in [2.24, 2.45) is 0 Å². The summed E-state index contributed by atoms with van der Waals surface area (Å²) in [5.41, 5.74) is 1.17. The van der Waals surface area contributed by atoms with E-state index in [1.165, 1.54) is 17.1 Å². The first-order valence-electron chi connectivity index (χ1n) is 7.07. The van der Waals surface area contributed by atoms with Crippen LogP contribution in [-0.2, 0) is 6.42 Å². The van der Waals surface area contributed by atoms with Gasteiger partial charge in [0.1, 0.15) is 0 Å². The monoisotopic (exact) mass is 332 g/mol. The summed E-state index contributed by atoms with van der Waals surface area (Å²) < 4.78 is 0. The highest BCUT2D eigenvalue weighted by Crippen LogP contribution is 2.25. The Labute approximate surface area is 136 Å². The summed E-state index contributed by atoms with van der Waals surface area (Å²) in [6.07, 6.45) is 0.944. The molecule has 0 aliphatic carbocycles. The Bertz CT molecular complexity index is 442. The molecule has 1 N–H and O–H groups in total. The van der Waals surface area contributed by atoms with Crippen LogP contribution in [0.2, 0.25) is 10.0 Å². The standard InChI is InChI=1S/C15H22Cl2N2S/c1-3-18-14(15-10-20-7-6-19(15)2)8-11-4-5-12(16)9-13(11)17/h4-5,9,14-15,18H,3,6-8,10H2,1-2H3. The van der Waals surface area contributed by atoms with Gasteiger partial charge in [0.05, 0.1) is 0 Å². The molecule has 5 heteroatoms. The first kappa shape index (κ1) is 16.4. The molecular formula is C15H22Cl2N2S. The summed E-state index contributed by atoms with van der Waals surface area (Å²) in [5, 5.41) is 5.09. The first-order chi connectivity index (χ1) is 9.61. The first-order valence-corrected chi connectivity index (χ1v) is 8.98. The van der Waals surface area contributed by atoms with Crippen molar-refractivity contribution in [3.05, 3.63) is 33.8 Å². The average molecular weight is 333 g/mol. The highest BCUT2D eigenvalue weighted by atomic mass is 35.5. The Morgan fingerprint density at radius 2 is 2.25 bits per heavy atom. The van der Waals surface area contributed by atoms with E-state index in [-0.39, 0.29) is 0 Å². The maximum atomic E-state index is 6.32. The van der Waals surface area contributed by atoms with Crippen LogP contribution in [-0.4, -0.2) is 48.6 Å². The number of nitrogens with one attached hydrogen (secondary N) is 1. The van der Waals surface area contributed by atoms with E-state index in [2.05, 4.69) is 24.2 Å². The van der Waals surface area contributed by atoms with Crippen LogP contribution in [0.25, 0.3) is 0 Å². The number of benzene rings is 1. The number of likely N-dealkylation sites (N-methyl/N-ethyl adjacent to an activating group) is 2. The van der Waals surface area contributed by atoms with Crippen LogP contribution >= 0.6 is 35.0 Å². The highest BCUT2D eigenvalue weighted by Gasteiger charge is 2.28. The Morgan fingerprint density at radius 3 is 2.90 bits per heavy atom. The molecule has 0 amide bonds. The minimum Gasteiger partial charge on any atom is -0.312 e. The predicted octanol–water partition coefficient (Wildman–Crippen LogP) is 3.56. The minimum atomic E-state index is 0.427. The Balaban J connectivity index is 2.11. The highest BCUT2D eigenvalue weighted by molar-refractivity contribution is 7.99. The zero-order chi connectivity index (χ0) is 14.5. The van der Waals surface area contributed by atoms with Crippen LogP contribution in [0, 0.1) is 0 Å². The summed E-state index contributed by atoms with van der Waals surface area (Å²) in [7, 11) is 2.22. The van der Waals surface area contributed by atoms with Gasteiger partial charge in [0.25, 0.3) is 0 Å². The van der Waals surface area contributed by atoms with Crippen molar-refractivity contribution in [3.8, 4) is 0 Å². The second-order valence-electron chi connectivity index (χ2n) is 5.23. The van der Waals surface area contributed by atoms with E-state index >= 15 is 0 Å². The van der Waals surface area contributed by atoms with E-state index in [1.807, 2.05) is 30.0 Å². The van der Waals surface area contributed by atoms with Crippen molar-refractivity contribution in [1.29, 1.82) is 0 Å². The topological polar surface area (TPSA) is 15.3 Å². The Morgan fingerprint density at radius 1 is 1.45 bits per heavy atom. The third-order valence-electron chi connectivity index (χ3n) is 3.83. The molecule has 0 spiro atoms. The number of hydrogen-bond donors (Lipinski definition) is 1. The van der Waals surface area contributed by atoms with Gasteiger partial charge in [0.15, 0.2) is 0 Å². The van der Waals surface area contributed by atoms with Crippen molar-refractivity contribution in [3.63, 3.8) is 0 Å². The van der Waals surface area contributed by atoms with E-state index in [0.29, 0.717) is 17.1 Å². The van der Waals surface area contributed by atoms with Crippen molar-refractivity contribution >= 4 is 35.0 Å². The number of nitrogens with zero attached hydrogens (tertiary/aromatic N) is 1. The molecule has 2 rings (SSSR count). The van der Waals surface area contributed by atoms with Gasteiger partial charge in [-0.15, -0.1) is 0 Å². The molecule has 1 aliphatic rings. The van der Waals surface area contributed by atoms with E-state index in [9.17, 15) is 0 Å². The van der Waals surface area contributed by atoms with E-state index in [1.54, 1.807) is 0 Å². The summed E-state index contributed by atoms with van der Waals surface area (Å²) in [6, 6.07) is 6.79. The fraction of sp³-hybridized carbons (Fsp3) is 0.600. The minimum absolute atomic E-state index is 0.427. The van der Waals surface area contributed by atoms with Gasteiger partial charge in [-0.3, -0.25) is 0 Å². The van der Waals surface area contributed by atoms with Gasteiger partial charge in [0.2, 0.25) is 0 Å². The quantitative estimate of drug-likeness (QED) is 0.887. The SMILES string of the molecule is CCNC(Cc1ccc(Cl)cc1Cl)C1CSCCN1C. The lowest BCUT2D eigenvalue weighted by Gasteiger charge is -2.38. The van der Waals surface area contributed by atoms with Crippen LogP contribution in [0.1, 0.15) is 12.5 Å². The smallest absolute Gasteiger partial charge is 0.0453 e. The van der Waals surface area contributed by atoms with Crippen molar-refractivity contribution in [1.82, 2.24) is 10.2 Å². The second kappa shape index (κ2) is 7.90. The third kappa shape index (κ3) is 4.28. The molecular weight excluding hydrogens is 311 g/mol. The number of halogens is 2. The largest absolute Gasteiger partial charge is 0.312 e. The lowest BCUT2D eigenvalue weighted by molar-refractivity contribution is 0.215. The molecule has 1 aromatic rings. The zero-order valence-corrected chi connectivity index (χ0v) is 14.4. The van der Waals surface area contributed by atoms with Gasteiger partial charge in [-0.2, -0.15) is 11.8 Å². The molecule has 1 fully saturated rings. The van der Waals surface area contributed by atoms with E-state index < -0.39 is 0 Å². The van der Waals surface area contributed by atoms with Gasteiger partial charge in [-0.1, -0.05) is 36.2 Å². The van der Waals surface area contributed by atoms with Crippen molar-refractivity contribution in [2.45, 2.75) is 25.4 Å². The molecule has 1 saturated heterocycles. The molecule has 0 bridgehead atoms. The van der Waals surface area contributed by atoms with Crippen LogP contribution in [0.3, 0.4) is 0 Å². The van der Waals surface area contributed by atoms with Gasteiger partial charge < -0.3 is 10.2 Å². The normalized spacial score (nSPS) is 21.9. The molecule has 112 valence electrons. The third-order valence-corrected chi connectivity index (χ3v) is 5.46. The average Bonchev–Trinajstić information content (AvgIpc) is 2.42. The van der Waals surface area contributed by atoms with E-state index in [4.69, 9.17) is 23.2 Å². The van der Waals surface area contributed by atoms with Gasteiger partial charge in [0, 0.05) is 40.2 Å². The molecule has 2 atom stereocenters. The second-order valence-corrected chi connectivity index (χ2v) is 7.22. The number of hydrogen-bond acceptors (Lipinski definition) is 3. The number of thioether (sulfide) groups is 1. The zero-order valence-electron chi connectivity index (χ0n) is 12.0. The van der Waals surface area contributed by atoms with Crippen molar-refractivity contribution in [2.75, 3.05) is 31.6 Å². The molecule has 0 aromatic heterocycles. The van der Waals surface area contributed by atoms with Crippen LogP contribution in [0.5, 0.6) is 0 Å². The van der Waals surface area contributed by atoms with Gasteiger partial charge >= 0.3 is 0 Å². The van der Waals surface area contributed by atoms with Gasteiger partial charge in [-0.05, 0) is 37.7 Å². The van der Waals surface area contributed by atoms with E-state index in [0.717, 1.165) is 24.5 Å². The predicted molar refractivity (Wildman–Crippen MR) is 91.4 cm³/mol. The molecule has 20 heavy (non-hydrogen) atoms. The van der Waals surface area contributed by atoms with Crippen LogP contribution in [0.15, 0.2) is 18.2 Å². The maximum Gasteiger partial charge on any atom is 0.0453 e. The Hall–Kier alpha value is 0.0700. The molecule has 2 nitrogen and oxygen atoms in total. The molecule has 1 heterocycles. The fourth-order valence-corrected chi connectivity index (χ4v) is 4.46. The summed E-state index contributed by atoms with van der Waals surface area (Å²) in [5.74, 6) is 2.41. The molecule has 2 unspecified atom stereocenters. The summed E-state index contributed by atoms with van der Waals surface area (Å²) >= 11 is 14.3. The maximum absolute atomic E-state index is 6.32. The number of rotatable bonds is 5. The van der Waals surface area contributed by atoms with Crippen LogP contribution < -0.4 is 5.32 Å². The van der Waals surface area contributed by atoms with Gasteiger partial charge in [-0.25, -0.2) is 0 Å². The van der Waals surface area contributed by atoms with Crippen LogP contribution in [0.4, 0.5) is 0 Å². The molecule has 1 aliphatic heterocycles. The fourth-order valence-electron chi connectivity index (χ4n) is 2.66. The molecule has 1 aromatic carbocycles. The lowest BCUT2D eigenvalue weighted by atomic mass is 9.99. The molecule has 0 radical (unpaired) electrons. The Kier molecular flexibility index (Phi) is 6.50. The lowest BCUT2D eigenvalue weighted by Crippen LogP contribution is -2.53. The van der Waals surface area contributed by atoms with Crippen molar-refractivity contribution < 1.29 is 0 Å². The summed E-state index contributed by atoms with van der Waals surface area (Å²) in [4.78, 5) is 2.47.